The van der Waals surface area contributed by atoms with Crippen LogP contribution in [0.3, 0.4) is 0 Å². The smallest absolute Gasteiger partial charge is 0.220 e. The molecule has 0 aromatic carbocycles. The molecule has 1 aromatic rings. The Labute approximate surface area is 129 Å². The molecule has 1 rings (SSSR count). The van der Waals surface area contributed by atoms with E-state index in [9.17, 15) is 4.79 Å². The topological polar surface area (TPSA) is 42.0 Å². The van der Waals surface area contributed by atoms with E-state index in [1.165, 1.54) is 51.4 Å². The summed E-state index contributed by atoms with van der Waals surface area (Å²) < 4.78 is 0. The number of aromatic nitrogens is 1. The van der Waals surface area contributed by atoms with E-state index in [0.29, 0.717) is 13.0 Å². The van der Waals surface area contributed by atoms with Gasteiger partial charge in [0.05, 0.1) is 12.2 Å². The summed E-state index contributed by atoms with van der Waals surface area (Å²) in [5.41, 5.74) is 0.915. The number of unbranched alkanes of at least 4 members (excludes halogenated alkanes) is 8. The SMILES string of the molecule is CCCCCCCCCCCC(=O)NCc1ccccn1. The third-order valence-electron chi connectivity index (χ3n) is 3.70. The van der Waals surface area contributed by atoms with Crippen molar-refractivity contribution in [3.8, 4) is 0 Å². The van der Waals surface area contributed by atoms with E-state index in [4.69, 9.17) is 0 Å². The van der Waals surface area contributed by atoms with Crippen molar-refractivity contribution in [1.29, 1.82) is 0 Å². The van der Waals surface area contributed by atoms with Crippen LogP contribution in [0.4, 0.5) is 0 Å². The van der Waals surface area contributed by atoms with Gasteiger partial charge in [-0.2, -0.15) is 0 Å². The van der Waals surface area contributed by atoms with Crippen molar-refractivity contribution in [2.75, 3.05) is 0 Å². The highest BCUT2D eigenvalue weighted by atomic mass is 16.1. The number of amides is 1. The van der Waals surface area contributed by atoms with Gasteiger partial charge in [-0.1, -0.05) is 64.4 Å². The highest BCUT2D eigenvalue weighted by molar-refractivity contribution is 5.75. The first-order chi connectivity index (χ1) is 10.3. The van der Waals surface area contributed by atoms with Crippen molar-refractivity contribution < 1.29 is 4.79 Å². The Morgan fingerprint density at radius 1 is 1.00 bits per heavy atom. The Kier molecular flexibility index (Phi) is 10.4. The lowest BCUT2D eigenvalue weighted by Crippen LogP contribution is -2.22. The summed E-state index contributed by atoms with van der Waals surface area (Å²) in [7, 11) is 0. The molecule has 0 radical (unpaired) electrons. The van der Waals surface area contributed by atoms with Gasteiger partial charge in [0.15, 0.2) is 0 Å². The number of nitrogens with one attached hydrogen (secondary N) is 1. The monoisotopic (exact) mass is 290 g/mol. The second-order valence-corrected chi connectivity index (χ2v) is 5.68. The van der Waals surface area contributed by atoms with Crippen LogP contribution >= 0.6 is 0 Å². The molecule has 3 heteroatoms. The minimum absolute atomic E-state index is 0.142. The molecule has 21 heavy (non-hydrogen) atoms. The molecule has 0 spiro atoms. The van der Waals surface area contributed by atoms with Crippen molar-refractivity contribution in [3.63, 3.8) is 0 Å². The number of rotatable bonds is 12. The zero-order valence-corrected chi connectivity index (χ0v) is 13.4. The van der Waals surface area contributed by atoms with Crippen molar-refractivity contribution in [1.82, 2.24) is 10.3 Å². The van der Waals surface area contributed by atoms with Crippen molar-refractivity contribution in [3.05, 3.63) is 30.1 Å². The van der Waals surface area contributed by atoms with Crippen LogP contribution in [0.15, 0.2) is 24.4 Å². The van der Waals surface area contributed by atoms with Gasteiger partial charge >= 0.3 is 0 Å². The molecule has 0 aliphatic carbocycles. The maximum Gasteiger partial charge on any atom is 0.220 e. The first-order valence-corrected chi connectivity index (χ1v) is 8.49. The highest BCUT2D eigenvalue weighted by Crippen LogP contribution is 2.10. The average Bonchev–Trinajstić information content (AvgIpc) is 2.52. The predicted molar refractivity (Wildman–Crippen MR) is 87.9 cm³/mol. The van der Waals surface area contributed by atoms with Crippen LogP contribution in [0.25, 0.3) is 0 Å². The zero-order valence-electron chi connectivity index (χ0n) is 13.4. The minimum atomic E-state index is 0.142. The quantitative estimate of drug-likeness (QED) is 0.571. The number of carbonyl (C=O) groups excluding carboxylic acids is 1. The molecule has 0 atom stereocenters. The molecule has 0 bridgehead atoms. The normalized spacial score (nSPS) is 10.5. The van der Waals surface area contributed by atoms with Gasteiger partial charge in [0, 0.05) is 12.6 Å². The Bertz CT molecular complexity index is 365. The lowest BCUT2D eigenvalue weighted by atomic mass is 10.1. The Morgan fingerprint density at radius 2 is 1.67 bits per heavy atom. The summed E-state index contributed by atoms with van der Waals surface area (Å²) in [6.45, 7) is 2.79. The maximum atomic E-state index is 11.7. The molecule has 0 saturated heterocycles. The molecule has 1 heterocycles. The maximum absolute atomic E-state index is 11.7. The average molecular weight is 290 g/mol. The van der Waals surface area contributed by atoms with Crippen LogP contribution in [0.5, 0.6) is 0 Å². The molecule has 0 aliphatic heterocycles. The summed E-state index contributed by atoms with van der Waals surface area (Å²) in [6, 6.07) is 5.75. The van der Waals surface area contributed by atoms with Gasteiger partial charge in [-0.25, -0.2) is 0 Å². The van der Waals surface area contributed by atoms with Gasteiger partial charge in [0.2, 0.25) is 5.91 Å². The Balaban J connectivity index is 1.89. The van der Waals surface area contributed by atoms with Crippen LogP contribution in [-0.4, -0.2) is 10.9 Å². The summed E-state index contributed by atoms with van der Waals surface area (Å²) in [5, 5.41) is 2.92. The minimum Gasteiger partial charge on any atom is -0.350 e. The molecule has 1 N–H and O–H groups in total. The lowest BCUT2D eigenvalue weighted by molar-refractivity contribution is -0.121. The molecular formula is C18H30N2O. The Morgan fingerprint density at radius 3 is 2.29 bits per heavy atom. The van der Waals surface area contributed by atoms with Gasteiger partial charge in [0.25, 0.3) is 0 Å². The van der Waals surface area contributed by atoms with E-state index in [-0.39, 0.29) is 5.91 Å². The van der Waals surface area contributed by atoms with Gasteiger partial charge in [-0.15, -0.1) is 0 Å². The predicted octanol–water partition coefficient (Wildman–Crippen LogP) is 4.62. The molecular weight excluding hydrogens is 260 g/mol. The van der Waals surface area contributed by atoms with Gasteiger partial charge in [0.1, 0.15) is 0 Å². The molecule has 3 nitrogen and oxygen atoms in total. The van der Waals surface area contributed by atoms with Crippen LogP contribution in [0, 0.1) is 0 Å². The number of pyridine rings is 1. The van der Waals surface area contributed by atoms with E-state index < -0.39 is 0 Å². The van der Waals surface area contributed by atoms with Gasteiger partial charge < -0.3 is 5.32 Å². The second kappa shape index (κ2) is 12.4. The largest absolute Gasteiger partial charge is 0.350 e. The summed E-state index contributed by atoms with van der Waals surface area (Å²) >= 11 is 0. The Hall–Kier alpha value is -1.38. The van der Waals surface area contributed by atoms with Crippen LogP contribution in [0.2, 0.25) is 0 Å². The fourth-order valence-electron chi connectivity index (χ4n) is 2.38. The molecule has 1 amide bonds. The fourth-order valence-corrected chi connectivity index (χ4v) is 2.38. The first kappa shape index (κ1) is 17.7. The number of hydrogen-bond acceptors (Lipinski definition) is 2. The highest BCUT2D eigenvalue weighted by Gasteiger charge is 2.01. The third kappa shape index (κ3) is 10.1. The number of hydrogen-bond donors (Lipinski definition) is 1. The molecule has 1 aromatic heterocycles. The van der Waals surface area contributed by atoms with Crippen molar-refractivity contribution in [2.24, 2.45) is 0 Å². The molecule has 118 valence electrons. The summed E-state index contributed by atoms with van der Waals surface area (Å²) in [5.74, 6) is 0.142. The molecule has 0 unspecified atom stereocenters. The van der Waals surface area contributed by atoms with Crippen LogP contribution in [0.1, 0.15) is 76.8 Å². The van der Waals surface area contributed by atoms with E-state index >= 15 is 0 Å². The number of carbonyl (C=O) groups is 1. The molecule has 0 saturated carbocycles. The third-order valence-corrected chi connectivity index (χ3v) is 3.70. The van der Waals surface area contributed by atoms with E-state index in [0.717, 1.165) is 12.1 Å². The van der Waals surface area contributed by atoms with Crippen LogP contribution < -0.4 is 5.32 Å². The lowest BCUT2D eigenvalue weighted by Gasteiger charge is -2.05. The molecule has 0 fully saturated rings. The molecule has 0 aliphatic rings. The zero-order chi connectivity index (χ0) is 15.2. The van der Waals surface area contributed by atoms with Gasteiger partial charge in [-0.05, 0) is 18.6 Å². The van der Waals surface area contributed by atoms with Crippen molar-refractivity contribution >= 4 is 5.91 Å². The van der Waals surface area contributed by atoms with E-state index in [2.05, 4.69) is 17.2 Å². The van der Waals surface area contributed by atoms with E-state index in [1.807, 2.05) is 18.2 Å². The fraction of sp³-hybridized carbons (Fsp3) is 0.667. The first-order valence-electron chi connectivity index (χ1n) is 8.49. The summed E-state index contributed by atoms with van der Waals surface area (Å²) in [4.78, 5) is 15.9. The van der Waals surface area contributed by atoms with E-state index in [1.54, 1.807) is 6.20 Å². The number of nitrogens with zero attached hydrogens (tertiary/aromatic N) is 1. The standard InChI is InChI=1S/C18H30N2O/c1-2-3-4-5-6-7-8-9-10-14-18(21)20-16-17-13-11-12-15-19-17/h11-13,15H,2-10,14,16H2,1H3,(H,20,21). The van der Waals surface area contributed by atoms with Crippen LogP contribution in [-0.2, 0) is 11.3 Å². The van der Waals surface area contributed by atoms with Crippen molar-refractivity contribution in [2.45, 2.75) is 77.7 Å². The van der Waals surface area contributed by atoms with Gasteiger partial charge in [-0.3, -0.25) is 9.78 Å². The second-order valence-electron chi connectivity index (χ2n) is 5.68. The summed E-state index contributed by atoms with van der Waals surface area (Å²) in [6.07, 6.45) is 13.9.